The van der Waals surface area contributed by atoms with Crippen LogP contribution in [0.4, 0.5) is 0 Å². The first kappa shape index (κ1) is 14.9. The van der Waals surface area contributed by atoms with Crippen LogP contribution in [-0.2, 0) is 0 Å². The van der Waals surface area contributed by atoms with Crippen LogP contribution < -0.4 is 10.7 Å². The van der Waals surface area contributed by atoms with Crippen LogP contribution in [0.2, 0.25) is 0 Å². The molecule has 106 valence electrons. The Morgan fingerprint density at radius 2 is 1.95 bits per heavy atom. The number of hydrazone groups is 1. The summed E-state index contributed by atoms with van der Waals surface area (Å²) in [6, 6.07) is 15.6. The summed E-state index contributed by atoms with van der Waals surface area (Å²) in [6.45, 7) is 4.22. The van der Waals surface area contributed by atoms with Crippen molar-refractivity contribution < 1.29 is 0 Å². The highest BCUT2D eigenvalue weighted by Crippen LogP contribution is 2.08. The Kier molecular flexibility index (Phi) is 5.60. The summed E-state index contributed by atoms with van der Waals surface area (Å²) in [4.78, 5) is 4.34. The van der Waals surface area contributed by atoms with E-state index in [0.29, 0.717) is 11.7 Å². The first-order chi connectivity index (χ1) is 10.3. The smallest absolute Gasteiger partial charge is 0.187 e. The van der Waals surface area contributed by atoms with Crippen LogP contribution in [0.5, 0.6) is 0 Å². The van der Waals surface area contributed by atoms with Crippen LogP contribution in [0.25, 0.3) is 0 Å². The molecule has 0 saturated heterocycles. The van der Waals surface area contributed by atoms with Gasteiger partial charge in [-0.15, -0.1) is 6.58 Å². The van der Waals surface area contributed by atoms with Crippen molar-refractivity contribution in [1.82, 2.24) is 15.7 Å². The topological polar surface area (TPSA) is 49.3 Å². The lowest BCUT2D eigenvalue weighted by Gasteiger charge is -2.08. The fourth-order valence-electron chi connectivity index (χ4n) is 1.68. The molecule has 0 atom stereocenters. The Balaban J connectivity index is 2.25. The minimum Gasteiger partial charge on any atom is -0.358 e. The molecule has 5 heteroatoms. The molecule has 0 radical (unpaired) electrons. The monoisotopic (exact) mass is 296 g/mol. The van der Waals surface area contributed by atoms with E-state index in [0.717, 1.165) is 17.0 Å². The normalized spacial score (nSPS) is 10.8. The lowest BCUT2D eigenvalue weighted by atomic mass is 10.1. The molecule has 1 aromatic heterocycles. The van der Waals surface area contributed by atoms with Crippen molar-refractivity contribution in [1.29, 1.82) is 0 Å². The number of rotatable bonds is 5. The van der Waals surface area contributed by atoms with Gasteiger partial charge in [0.25, 0.3) is 0 Å². The Morgan fingerprint density at radius 3 is 2.62 bits per heavy atom. The van der Waals surface area contributed by atoms with Gasteiger partial charge in [0, 0.05) is 18.3 Å². The van der Waals surface area contributed by atoms with Gasteiger partial charge in [-0.2, -0.15) is 5.10 Å². The van der Waals surface area contributed by atoms with Crippen molar-refractivity contribution in [3.8, 4) is 0 Å². The molecule has 2 rings (SSSR count). The Labute approximate surface area is 129 Å². The van der Waals surface area contributed by atoms with Crippen LogP contribution in [0.15, 0.2) is 72.5 Å². The van der Waals surface area contributed by atoms with Gasteiger partial charge >= 0.3 is 0 Å². The zero-order chi connectivity index (χ0) is 14.9. The van der Waals surface area contributed by atoms with Crippen LogP contribution in [0, 0.1) is 0 Å². The second-order valence-corrected chi connectivity index (χ2v) is 4.56. The predicted octanol–water partition coefficient (Wildman–Crippen LogP) is 2.48. The summed E-state index contributed by atoms with van der Waals surface area (Å²) in [6.07, 6.45) is 3.47. The van der Waals surface area contributed by atoms with Gasteiger partial charge in [0.05, 0.1) is 5.69 Å². The van der Waals surface area contributed by atoms with E-state index in [4.69, 9.17) is 12.2 Å². The van der Waals surface area contributed by atoms with Crippen LogP contribution in [0.1, 0.15) is 11.3 Å². The second-order valence-electron chi connectivity index (χ2n) is 4.15. The van der Waals surface area contributed by atoms with Gasteiger partial charge in [0.2, 0.25) is 0 Å². The zero-order valence-corrected chi connectivity index (χ0v) is 12.3. The lowest BCUT2D eigenvalue weighted by molar-refractivity contribution is 0.936. The van der Waals surface area contributed by atoms with Gasteiger partial charge in [-0.1, -0.05) is 42.5 Å². The molecule has 2 N–H and O–H groups in total. The molecule has 0 bridgehead atoms. The zero-order valence-electron chi connectivity index (χ0n) is 11.5. The summed E-state index contributed by atoms with van der Waals surface area (Å²) in [7, 11) is 0. The van der Waals surface area contributed by atoms with Gasteiger partial charge in [-0.25, -0.2) is 0 Å². The number of benzene rings is 1. The quantitative estimate of drug-likeness (QED) is 0.385. The first-order valence-electron chi connectivity index (χ1n) is 6.50. The highest BCUT2D eigenvalue weighted by Gasteiger charge is 2.08. The summed E-state index contributed by atoms with van der Waals surface area (Å²) >= 11 is 5.14. The standard InChI is InChI=1S/C16H16N4S/c1-2-11-18-16(21)20-19-15(13-8-4-3-5-9-13)14-10-6-7-12-17-14/h2-10,12H,1,11H2,(H2,18,20,21)/b19-15+. The number of hydrogen-bond donors (Lipinski definition) is 2. The summed E-state index contributed by atoms with van der Waals surface area (Å²) < 4.78 is 0. The molecule has 4 nitrogen and oxygen atoms in total. The Morgan fingerprint density at radius 1 is 1.19 bits per heavy atom. The number of pyridine rings is 1. The van der Waals surface area contributed by atoms with Gasteiger partial charge in [-0.05, 0) is 24.4 Å². The van der Waals surface area contributed by atoms with Crippen molar-refractivity contribution in [3.05, 3.63) is 78.6 Å². The molecule has 1 heterocycles. The largest absolute Gasteiger partial charge is 0.358 e. The summed E-state index contributed by atoms with van der Waals surface area (Å²) in [5, 5.41) is 7.79. The van der Waals surface area contributed by atoms with Gasteiger partial charge in [0.15, 0.2) is 5.11 Å². The van der Waals surface area contributed by atoms with E-state index in [-0.39, 0.29) is 0 Å². The van der Waals surface area contributed by atoms with E-state index in [9.17, 15) is 0 Å². The van der Waals surface area contributed by atoms with Crippen molar-refractivity contribution >= 4 is 23.0 Å². The molecule has 0 aliphatic heterocycles. The maximum absolute atomic E-state index is 5.14. The highest BCUT2D eigenvalue weighted by atomic mass is 32.1. The molecule has 0 aliphatic rings. The van der Waals surface area contributed by atoms with Crippen molar-refractivity contribution in [2.24, 2.45) is 5.10 Å². The number of nitrogens with one attached hydrogen (secondary N) is 2. The average Bonchev–Trinajstić information content (AvgIpc) is 2.55. The Hall–Kier alpha value is -2.53. The van der Waals surface area contributed by atoms with Crippen LogP contribution in [-0.4, -0.2) is 22.4 Å². The third-order valence-electron chi connectivity index (χ3n) is 2.63. The molecule has 1 aromatic carbocycles. The van der Waals surface area contributed by atoms with E-state index in [1.165, 1.54) is 0 Å². The number of nitrogens with zero attached hydrogens (tertiary/aromatic N) is 2. The van der Waals surface area contributed by atoms with Crippen LogP contribution in [0.3, 0.4) is 0 Å². The molecule has 2 aromatic rings. The van der Waals surface area contributed by atoms with Crippen LogP contribution >= 0.6 is 12.2 Å². The van der Waals surface area contributed by atoms with E-state index in [1.54, 1.807) is 12.3 Å². The third-order valence-corrected chi connectivity index (χ3v) is 2.87. The molecule has 0 spiro atoms. The molecular formula is C16H16N4S. The predicted molar refractivity (Wildman–Crippen MR) is 90.3 cm³/mol. The molecule has 21 heavy (non-hydrogen) atoms. The van der Waals surface area contributed by atoms with E-state index < -0.39 is 0 Å². The maximum Gasteiger partial charge on any atom is 0.187 e. The number of thiocarbonyl (C=S) groups is 1. The maximum atomic E-state index is 5.14. The van der Waals surface area contributed by atoms with Gasteiger partial charge in [-0.3, -0.25) is 10.4 Å². The fraction of sp³-hybridized carbons (Fsp3) is 0.0625. The van der Waals surface area contributed by atoms with Crippen molar-refractivity contribution in [3.63, 3.8) is 0 Å². The fourth-order valence-corrected chi connectivity index (χ4v) is 1.81. The first-order valence-corrected chi connectivity index (χ1v) is 6.91. The Bertz CT molecular complexity index is 582. The number of aromatic nitrogens is 1. The van der Waals surface area contributed by atoms with E-state index in [2.05, 4.69) is 27.4 Å². The van der Waals surface area contributed by atoms with E-state index in [1.807, 2.05) is 48.5 Å². The highest BCUT2D eigenvalue weighted by molar-refractivity contribution is 7.80. The molecular weight excluding hydrogens is 280 g/mol. The van der Waals surface area contributed by atoms with Crippen molar-refractivity contribution in [2.75, 3.05) is 6.54 Å². The summed E-state index contributed by atoms with van der Waals surface area (Å²) in [5.41, 5.74) is 5.32. The number of hydrogen-bond acceptors (Lipinski definition) is 3. The third kappa shape index (κ3) is 4.50. The van der Waals surface area contributed by atoms with Gasteiger partial charge in [0.1, 0.15) is 5.71 Å². The minimum absolute atomic E-state index is 0.444. The second kappa shape index (κ2) is 7.91. The lowest BCUT2D eigenvalue weighted by Crippen LogP contribution is -2.32. The summed E-state index contributed by atoms with van der Waals surface area (Å²) in [5.74, 6) is 0. The molecule has 0 amide bonds. The van der Waals surface area contributed by atoms with Gasteiger partial charge < -0.3 is 5.32 Å². The average molecular weight is 296 g/mol. The molecule has 0 unspecified atom stereocenters. The minimum atomic E-state index is 0.444. The molecule has 0 saturated carbocycles. The van der Waals surface area contributed by atoms with Crippen molar-refractivity contribution in [2.45, 2.75) is 0 Å². The van der Waals surface area contributed by atoms with E-state index >= 15 is 0 Å². The molecule has 0 fully saturated rings. The molecule has 0 aliphatic carbocycles. The SMILES string of the molecule is C=CCNC(=S)N/N=C(\c1ccccc1)c1ccccn1.